The van der Waals surface area contributed by atoms with Gasteiger partial charge < -0.3 is 15.4 Å². The molecule has 3 heterocycles. The van der Waals surface area contributed by atoms with E-state index in [2.05, 4.69) is 96.8 Å². The van der Waals surface area contributed by atoms with Crippen molar-refractivity contribution in [2.45, 2.75) is 69.8 Å². The summed E-state index contributed by atoms with van der Waals surface area (Å²) in [6, 6.07) is 23.6. The number of anilines is 1. The molecule has 1 aromatic heterocycles. The molecule has 0 saturated heterocycles. The van der Waals surface area contributed by atoms with Gasteiger partial charge in [-0.2, -0.15) is 0 Å². The van der Waals surface area contributed by atoms with Crippen LogP contribution in [0, 0.1) is 5.41 Å². The Bertz CT molecular complexity index is 1290. The highest BCUT2D eigenvalue weighted by Crippen LogP contribution is 2.44. The van der Waals surface area contributed by atoms with Gasteiger partial charge in [-0.3, -0.25) is 0 Å². The summed E-state index contributed by atoms with van der Waals surface area (Å²) in [5.74, 6) is 1.86. The van der Waals surface area contributed by atoms with Crippen molar-refractivity contribution in [1.29, 1.82) is 0 Å². The molecule has 39 heavy (non-hydrogen) atoms. The molecule has 5 nitrogen and oxygen atoms in total. The second kappa shape index (κ2) is 13.2. The molecule has 0 saturated carbocycles. The second-order valence-electron chi connectivity index (χ2n) is 11.4. The molecular formula is C32H40N4OS2. The first-order valence-electron chi connectivity index (χ1n) is 14.1. The highest BCUT2D eigenvalue weighted by Gasteiger charge is 2.28. The van der Waals surface area contributed by atoms with Crippen molar-refractivity contribution in [1.82, 2.24) is 15.0 Å². The molecular weight excluding hydrogens is 521 g/mol. The molecule has 3 N–H and O–H groups in total. The largest absolute Gasteiger partial charge is 0.494 e. The Morgan fingerprint density at radius 2 is 1.79 bits per heavy atom. The van der Waals surface area contributed by atoms with E-state index in [0.29, 0.717) is 0 Å². The number of aryl methyl sites for hydroxylation is 1. The lowest BCUT2D eigenvalue weighted by atomic mass is 9.93. The Labute approximate surface area is 242 Å². The molecule has 0 spiro atoms. The Morgan fingerprint density at radius 3 is 2.69 bits per heavy atom. The van der Waals surface area contributed by atoms with Crippen molar-refractivity contribution in [3.63, 3.8) is 0 Å². The molecule has 0 fully saturated rings. The molecule has 2 aliphatic rings. The number of nitrogens with one attached hydrogen (secondary N) is 3. The SMILES string of the molecule is CC(C)(C)CCOc1cccc(C2=C3NC(NSc4cccc(n4)NCCCCCCc4ccccc43)S2)c1. The van der Waals surface area contributed by atoms with Crippen molar-refractivity contribution in [2.75, 3.05) is 18.5 Å². The summed E-state index contributed by atoms with van der Waals surface area (Å²) in [7, 11) is 0. The number of fused-ring (bicyclic) bond motifs is 6. The lowest BCUT2D eigenvalue weighted by Crippen LogP contribution is -2.31. The third-order valence-electron chi connectivity index (χ3n) is 6.91. The molecule has 1 unspecified atom stereocenters. The number of benzene rings is 2. The fourth-order valence-electron chi connectivity index (χ4n) is 4.75. The zero-order chi connectivity index (χ0) is 27.1. The number of nitrogens with zero attached hydrogens (tertiary/aromatic N) is 1. The van der Waals surface area contributed by atoms with Crippen LogP contribution in [0.1, 0.15) is 69.6 Å². The van der Waals surface area contributed by atoms with Gasteiger partial charge in [-0.1, -0.05) is 87.8 Å². The van der Waals surface area contributed by atoms with Crippen molar-refractivity contribution in [3.05, 3.63) is 83.4 Å². The maximum Gasteiger partial charge on any atom is 0.139 e. The Balaban J connectivity index is 1.44. The Morgan fingerprint density at radius 1 is 0.949 bits per heavy atom. The molecule has 206 valence electrons. The van der Waals surface area contributed by atoms with Gasteiger partial charge in [0.1, 0.15) is 22.1 Å². The first kappa shape index (κ1) is 27.9. The van der Waals surface area contributed by atoms with E-state index in [9.17, 15) is 0 Å². The first-order chi connectivity index (χ1) is 18.9. The minimum atomic E-state index is 0.00706. The van der Waals surface area contributed by atoms with Crippen molar-refractivity contribution < 1.29 is 4.74 Å². The zero-order valence-electron chi connectivity index (χ0n) is 23.3. The Hall–Kier alpha value is -2.61. The molecule has 4 bridgehead atoms. The summed E-state index contributed by atoms with van der Waals surface area (Å²) in [6.07, 6.45) is 6.89. The maximum absolute atomic E-state index is 6.19. The first-order valence-corrected chi connectivity index (χ1v) is 15.8. The molecule has 1 atom stereocenters. The molecule has 2 aliphatic heterocycles. The summed E-state index contributed by atoms with van der Waals surface area (Å²) in [6.45, 7) is 8.43. The van der Waals surface area contributed by atoms with Gasteiger partial charge in [-0.25, -0.2) is 9.71 Å². The van der Waals surface area contributed by atoms with Gasteiger partial charge in [0.05, 0.1) is 12.3 Å². The summed E-state index contributed by atoms with van der Waals surface area (Å²) < 4.78 is 9.80. The van der Waals surface area contributed by atoms with Crippen LogP contribution in [0.2, 0.25) is 0 Å². The van der Waals surface area contributed by atoms with E-state index < -0.39 is 0 Å². The Kier molecular flexibility index (Phi) is 9.43. The predicted octanol–water partition coefficient (Wildman–Crippen LogP) is 8.17. The molecule has 5 rings (SSSR count). The number of hydrogen-bond donors (Lipinski definition) is 3. The lowest BCUT2D eigenvalue weighted by molar-refractivity contribution is 0.243. The third kappa shape index (κ3) is 7.96. The fourth-order valence-corrected chi connectivity index (χ4v) is 6.62. The van der Waals surface area contributed by atoms with E-state index in [4.69, 9.17) is 9.72 Å². The average molecular weight is 561 g/mol. The highest BCUT2D eigenvalue weighted by molar-refractivity contribution is 8.10. The van der Waals surface area contributed by atoms with Gasteiger partial charge in [0.2, 0.25) is 0 Å². The van der Waals surface area contributed by atoms with E-state index in [1.54, 1.807) is 11.9 Å². The quantitative estimate of drug-likeness (QED) is 0.278. The monoisotopic (exact) mass is 560 g/mol. The van der Waals surface area contributed by atoms with Crippen LogP contribution in [0.15, 0.2) is 71.8 Å². The van der Waals surface area contributed by atoms with E-state index in [0.717, 1.165) is 49.0 Å². The van der Waals surface area contributed by atoms with Gasteiger partial charge in [0.25, 0.3) is 0 Å². The van der Waals surface area contributed by atoms with Crippen LogP contribution in [0.3, 0.4) is 0 Å². The average Bonchev–Trinajstić information content (AvgIpc) is 3.35. The summed E-state index contributed by atoms with van der Waals surface area (Å²) in [5, 5.41) is 8.25. The third-order valence-corrected chi connectivity index (χ3v) is 9.00. The molecule has 0 radical (unpaired) electrons. The highest BCUT2D eigenvalue weighted by atomic mass is 32.2. The minimum Gasteiger partial charge on any atom is -0.494 e. The van der Waals surface area contributed by atoms with Gasteiger partial charge in [-0.05, 0) is 78.4 Å². The molecule has 7 heteroatoms. The lowest BCUT2D eigenvalue weighted by Gasteiger charge is -2.18. The van der Waals surface area contributed by atoms with Gasteiger partial charge in [0, 0.05) is 17.0 Å². The van der Waals surface area contributed by atoms with Crippen molar-refractivity contribution in [2.24, 2.45) is 5.41 Å². The fraction of sp³-hybridized carbons (Fsp3) is 0.406. The zero-order valence-corrected chi connectivity index (χ0v) is 24.9. The number of rotatable bonds is 4. The standard InChI is InChI=1S/C32H40N4OS2/c1-32(2,3)19-21-37-25-15-10-14-24(22-25)30-29-26-16-8-7-13-23(26)12-6-4-5-9-20-33-27-17-11-18-28(34-27)39-36-31(35-29)38-30/h7-8,10-11,13-18,22,31,35-36H,4-6,9,12,19-21H2,1-3H3,(H,33,34). The van der Waals surface area contributed by atoms with E-state index >= 15 is 0 Å². The van der Waals surface area contributed by atoms with Crippen molar-refractivity contribution in [3.8, 4) is 5.75 Å². The van der Waals surface area contributed by atoms with Gasteiger partial charge in [-0.15, -0.1) is 0 Å². The topological polar surface area (TPSA) is 58.2 Å². The minimum absolute atomic E-state index is 0.00706. The number of thioether (sulfide) groups is 1. The van der Waals surface area contributed by atoms with Gasteiger partial charge >= 0.3 is 0 Å². The maximum atomic E-state index is 6.19. The number of pyridine rings is 1. The summed E-state index contributed by atoms with van der Waals surface area (Å²) in [5.41, 5.74) is 5.32. The van der Waals surface area contributed by atoms with Crippen LogP contribution in [-0.4, -0.2) is 23.6 Å². The second-order valence-corrected chi connectivity index (χ2v) is 13.3. The van der Waals surface area contributed by atoms with E-state index in [1.165, 1.54) is 46.6 Å². The predicted molar refractivity (Wildman–Crippen MR) is 168 cm³/mol. The molecule has 2 aromatic carbocycles. The van der Waals surface area contributed by atoms with Crippen LogP contribution < -0.4 is 20.1 Å². The smallest absolute Gasteiger partial charge is 0.139 e. The molecule has 0 amide bonds. The van der Waals surface area contributed by atoms with Crippen LogP contribution >= 0.6 is 23.7 Å². The number of ether oxygens (including phenoxy) is 1. The molecule has 3 aromatic rings. The number of hydrogen-bond acceptors (Lipinski definition) is 7. The van der Waals surface area contributed by atoms with Gasteiger partial charge in [0.15, 0.2) is 0 Å². The number of aromatic nitrogens is 1. The van der Waals surface area contributed by atoms with Crippen LogP contribution in [-0.2, 0) is 6.42 Å². The van der Waals surface area contributed by atoms with Crippen molar-refractivity contribution >= 4 is 40.1 Å². The van der Waals surface area contributed by atoms with E-state index in [1.807, 2.05) is 17.8 Å². The van der Waals surface area contributed by atoms with Crippen LogP contribution in [0.25, 0.3) is 10.6 Å². The summed E-state index contributed by atoms with van der Waals surface area (Å²) >= 11 is 3.39. The normalized spacial score (nSPS) is 18.5. The summed E-state index contributed by atoms with van der Waals surface area (Å²) in [4.78, 5) is 6.04. The van der Waals surface area contributed by atoms with Crippen LogP contribution in [0.4, 0.5) is 5.82 Å². The van der Waals surface area contributed by atoms with Crippen LogP contribution in [0.5, 0.6) is 5.75 Å². The van der Waals surface area contributed by atoms with E-state index in [-0.39, 0.29) is 10.9 Å². The molecule has 0 aliphatic carbocycles.